The summed E-state index contributed by atoms with van der Waals surface area (Å²) in [6.45, 7) is 5.38. The maximum absolute atomic E-state index is 12.7. The van der Waals surface area contributed by atoms with Crippen LogP contribution in [-0.4, -0.2) is 47.9 Å². The molecule has 0 bridgehead atoms. The van der Waals surface area contributed by atoms with E-state index in [-0.39, 0.29) is 12.2 Å². The SMILES string of the molecule is CCOc1cc2ncc(C#N)c(Nc3ccc(OCc4ccccn4)c(C)c3)c2cc1CC(=O)/C=C/CN(C)C. The second-order valence-corrected chi connectivity index (χ2v) is 9.59. The molecule has 0 aliphatic carbocycles. The molecule has 0 atom stereocenters. The van der Waals surface area contributed by atoms with Gasteiger partial charge in [0.1, 0.15) is 24.2 Å². The number of ketones is 1. The van der Waals surface area contributed by atoms with E-state index in [1.807, 2.05) is 87.4 Å². The minimum Gasteiger partial charge on any atom is -0.494 e. The fraction of sp³-hybridized carbons (Fsp3) is 0.250. The normalized spacial score (nSPS) is 11.1. The van der Waals surface area contributed by atoms with Gasteiger partial charge in [-0.1, -0.05) is 12.1 Å². The van der Waals surface area contributed by atoms with Gasteiger partial charge in [-0.05, 0) is 76.0 Å². The monoisotopic (exact) mass is 535 g/mol. The summed E-state index contributed by atoms with van der Waals surface area (Å²) in [6, 6.07) is 17.5. The second kappa shape index (κ2) is 13.4. The number of ether oxygens (including phenoxy) is 2. The molecule has 0 spiro atoms. The van der Waals surface area contributed by atoms with Crippen molar-refractivity contribution in [2.45, 2.75) is 26.9 Å². The predicted octanol–water partition coefficient (Wildman–Crippen LogP) is 5.76. The Kier molecular flexibility index (Phi) is 9.44. The Hall–Kier alpha value is -4.74. The van der Waals surface area contributed by atoms with E-state index in [1.54, 1.807) is 18.5 Å². The number of hydrogen-bond acceptors (Lipinski definition) is 8. The number of pyridine rings is 2. The number of anilines is 2. The van der Waals surface area contributed by atoms with E-state index >= 15 is 0 Å². The van der Waals surface area contributed by atoms with Crippen molar-refractivity contribution in [3.8, 4) is 17.6 Å². The quantitative estimate of drug-likeness (QED) is 0.229. The number of benzene rings is 2. The van der Waals surface area contributed by atoms with Gasteiger partial charge in [-0.2, -0.15) is 5.26 Å². The van der Waals surface area contributed by atoms with Crippen LogP contribution in [0.15, 0.2) is 73.1 Å². The number of nitrogens with zero attached hydrogens (tertiary/aromatic N) is 4. The van der Waals surface area contributed by atoms with Gasteiger partial charge in [-0.25, -0.2) is 0 Å². The van der Waals surface area contributed by atoms with Crippen molar-refractivity contribution in [1.29, 1.82) is 5.26 Å². The summed E-state index contributed by atoms with van der Waals surface area (Å²) >= 11 is 0. The third-order valence-corrected chi connectivity index (χ3v) is 6.16. The molecule has 0 saturated heterocycles. The Balaban J connectivity index is 1.64. The summed E-state index contributed by atoms with van der Waals surface area (Å²) in [5.74, 6) is 1.33. The van der Waals surface area contributed by atoms with Crippen LogP contribution in [0, 0.1) is 18.3 Å². The number of fused-ring (bicyclic) bond motifs is 1. The number of nitriles is 1. The Bertz CT molecular complexity index is 1560. The molecule has 204 valence electrons. The lowest BCUT2D eigenvalue weighted by atomic mass is 10.0. The number of aromatic nitrogens is 2. The fourth-order valence-electron chi connectivity index (χ4n) is 4.22. The molecule has 0 unspecified atom stereocenters. The first-order chi connectivity index (χ1) is 19.4. The molecule has 2 aromatic carbocycles. The van der Waals surface area contributed by atoms with Crippen LogP contribution >= 0.6 is 0 Å². The molecular weight excluding hydrogens is 502 g/mol. The van der Waals surface area contributed by atoms with Gasteiger partial charge < -0.3 is 19.7 Å². The van der Waals surface area contributed by atoms with Crippen molar-refractivity contribution < 1.29 is 14.3 Å². The molecule has 8 nitrogen and oxygen atoms in total. The van der Waals surface area contributed by atoms with Crippen molar-refractivity contribution >= 4 is 28.1 Å². The van der Waals surface area contributed by atoms with E-state index in [4.69, 9.17) is 9.47 Å². The number of aryl methyl sites for hydroxylation is 1. The largest absolute Gasteiger partial charge is 0.494 e. The van der Waals surface area contributed by atoms with Crippen LogP contribution in [0.4, 0.5) is 11.4 Å². The third-order valence-electron chi connectivity index (χ3n) is 6.16. The minimum atomic E-state index is -0.0297. The second-order valence-electron chi connectivity index (χ2n) is 9.59. The van der Waals surface area contributed by atoms with Gasteiger partial charge in [0, 0.05) is 48.1 Å². The lowest BCUT2D eigenvalue weighted by molar-refractivity contribution is -0.114. The van der Waals surface area contributed by atoms with Crippen molar-refractivity contribution in [1.82, 2.24) is 14.9 Å². The van der Waals surface area contributed by atoms with E-state index in [0.29, 0.717) is 42.3 Å². The first-order valence-electron chi connectivity index (χ1n) is 13.1. The van der Waals surface area contributed by atoms with Crippen molar-refractivity contribution in [3.05, 3.63) is 95.5 Å². The van der Waals surface area contributed by atoms with Crippen LogP contribution < -0.4 is 14.8 Å². The maximum atomic E-state index is 12.7. The van der Waals surface area contributed by atoms with Gasteiger partial charge in [0.2, 0.25) is 0 Å². The zero-order valence-corrected chi connectivity index (χ0v) is 23.3. The standard InChI is InChI=1S/C32H33N5O3/c1-5-39-31-18-29-28(17-23(31)16-27(38)10-8-14-37(3)4)32(24(19-33)20-35-29)36-25-11-12-30(22(2)15-25)40-21-26-9-6-7-13-34-26/h6-13,15,17-18,20H,5,14,16,21H2,1-4H3,(H,35,36)/b10-8+. The van der Waals surface area contributed by atoms with Gasteiger partial charge in [0.15, 0.2) is 5.78 Å². The number of nitrogens with one attached hydrogen (secondary N) is 1. The van der Waals surface area contributed by atoms with Crippen LogP contribution in [0.1, 0.15) is 29.3 Å². The first kappa shape index (κ1) is 28.3. The average Bonchev–Trinajstić information content (AvgIpc) is 2.94. The molecule has 0 saturated carbocycles. The van der Waals surface area contributed by atoms with E-state index < -0.39 is 0 Å². The third kappa shape index (κ3) is 7.22. The molecule has 1 N–H and O–H groups in total. The highest BCUT2D eigenvalue weighted by Gasteiger charge is 2.16. The Morgan fingerprint density at radius 2 is 1.95 bits per heavy atom. The number of hydrogen-bond donors (Lipinski definition) is 1. The van der Waals surface area contributed by atoms with Crippen LogP contribution in [0.25, 0.3) is 10.9 Å². The molecule has 0 aliphatic heterocycles. The zero-order chi connectivity index (χ0) is 28.5. The van der Waals surface area contributed by atoms with Gasteiger partial charge in [-0.15, -0.1) is 0 Å². The molecule has 0 aliphatic rings. The number of carbonyl (C=O) groups is 1. The van der Waals surface area contributed by atoms with E-state index in [1.165, 1.54) is 0 Å². The average molecular weight is 536 g/mol. The number of carbonyl (C=O) groups excluding carboxylic acids is 1. The first-order valence-corrected chi connectivity index (χ1v) is 13.1. The molecule has 0 fully saturated rings. The lowest BCUT2D eigenvalue weighted by Crippen LogP contribution is -2.11. The van der Waals surface area contributed by atoms with Crippen LogP contribution in [0.3, 0.4) is 0 Å². The van der Waals surface area contributed by atoms with Crippen LogP contribution in [0.5, 0.6) is 11.5 Å². The highest BCUT2D eigenvalue weighted by atomic mass is 16.5. The molecule has 4 rings (SSSR count). The van der Waals surface area contributed by atoms with Crippen molar-refractivity contribution in [3.63, 3.8) is 0 Å². The summed E-state index contributed by atoms with van der Waals surface area (Å²) in [7, 11) is 3.90. The molecule has 2 aromatic heterocycles. The molecule has 8 heteroatoms. The summed E-state index contributed by atoms with van der Waals surface area (Å²) in [5, 5.41) is 14.0. The van der Waals surface area contributed by atoms with Gasteiger partial charge >= 0.3 is 0 Å². The molecular formula is C32H33N5O3. The van der Waals surface area contributed by atoms with Gasteiger partial charge in [0.25, 0.3) is 0 Å². The van der Waals surface area contributed by atoms with E-state index in [2.05, 4.69) is 21.4 Å². The van der Waals surface area contributed by atoms with Gasteiger partial charge in [-0.3, -0.25) is 14.8 Å². The van der Waals surface area contributed by atoms with E-state index in [9.17, 15) is 10.1 Å². The van der Waals surface area contributed by atoms with Crippen LogP contribution in [0.2, 0.25) is 0 Å². The molecule has 2 heterocycles. The zero-order valence-electron chi connectivity index (χ0n) is 23.3. The Morgan fingerprint density at radius 3 is 2.65 bits per heavy atom. The summed E-state index contributed by atoms with van der Waals surface area (Å²) in [5.41, 5.74) is 5.00. The Morgan fingerprint density at radius 1 is 1.10 bits per heavy atom. The van der Waals surface area contributed by atoms with Crippen molar-refractivity contribution in [2.24, 2.45) is 0 Å². The topological polar surface area (TPSA) is 100 Å². The van der Waals surface area contributed by atoms with E-state index in [0.717, 1.165) is 33.6 Å². The fourth-order valence-corrected chi connectivity index (χ4v) is 4.22. The summed E-state index contributed by atoms with van der Waals surface area (Å²) < 4.78 is 11.8. The molecule has 40 heavy (non-hydrogen) atoms. The number of allylic oxidation sites excluding steroid dienone is 1. The number of likely N-dealkylation sites (N-methyl/N-ethyl adjacent to an activating group) is 1. The van der Waals surface area contributed by atoms with Gasteiger partial charge in [0.05, 0.1) is 29.1 Å². The Labute approximate surface area is 234 Å². The highest BCUT2D eigenvalue weighted by Crippen LogP contribution is 2.35. The van der Waals surface area contributed by atoms with Crippen LogP contribution in [-0.2, 0) is 17.8 Å². The lowest BCUT2D eigenvalue weighted by Gasteiger charge is -2.16. The van der Waals surface area contributed by atoms with Crippen molar-refractivity contribution in [2.75, 3.05) is 32.6 Å². The summed E-state index contributed by atoms with van der Waals surface area (Å²) in [4.78, 5) is 23.5. The smallest absolute Gasteiger partial charge is 0.159 e. The predicted molar refractivity (Wildman–Crippen MR) is 157 cm³/mol. The molecule has 0 amide bonds. The number of rotatable bonds is 12. The highest BCUT2D eigenvalue weighted by molar-refractivity contribution is 5.99. The minimum absolute atomic E-state index is 0.0297. The molecule has 0 radical (unpaired) electrons. The maximum Gasteiger partial charge on any atom is 0.159 e. The molecule has 4 aromatic rings. The summed E-state index contributed by atoms with van der Waals surface area (Å²) in [6.07, 6.45) is 6.91.